The second-order valence-electron chi connectivity index (χ2n) is 4.20. The number of nitrogens with zero attached hydrogens (tertiary/aromatic N) is 1. The Morgan fingerprint density at radius 1 is 1.17 bits per heavy atom. The lowest BCUT2D eigenvalue weighted by Gasteiger charge is -2.19. The van der Waals surface area contributed by atoms with Crippen molar-refractivity contribution in [1.82, 2.24) is 4.90 Å². The van der Waals surface area contributed by atoms with Gasteiger partial charge in [0, 0.05) is 19.4 Å². The fourth-order valence-electron chi connectivity index (χ4n) is 2.02. The highest BCUT2D eigenvalue weighted by atomic mass is 16.4. The van der Waals surface area contributed by atoms with Crippen LogP contribution in [-0.4, -0.2) is 34.3 Å². The quantitative estimate of drug-likeness (QED) is 0.805. The van der Waals surface area contributed by atoms with E-state index in [9.17, 15) is 19.5 Å². The average molecular weight is 247 g/mol. The lowest BCUT2D eigenvalue weighted by Crippen LogP contribution is -2.35. The van der Waals surface area contributed by atoms with Gasteiger partial charge in [0.05, 0.1) is 5.92 Å². The molecule has 1 heterocycles. The smallest absolute Gasteiger partial charge is 0.312 e. The van der Waals surface area contributed by atoms with Gasteiger partial charge in [-0.1, -0.05) is 30.3 Å². The van der Waals surface area contributed by atoms with Crippen LogP contribution in [0.5, 0.6) is 0 Å². The predicted octanol–water partition coefficient (Wildman–Crippen LogP) is 1.00. The number of likely N-dealkylation sites (tertiary alicyclic amines) is 1. The Balaban J connectivity index is 2.20. The number of imide groups is 1. The van der Waals surface area contributed by atoms with Crippen molar-refractivity contribution in [2.75, 3.05) is 6.54 Å². The summed E-state index contributed by atoms with van der Waals surface area (Å²) in [6.07, 6.45) is 0.361. The SMILES string of the molecule is O=C(O)C(CN1C(=O)CCC1=O)c1ccccc1. The molecule has 0 spiro atoms. The minimum absolute atomic E-state index is 0.0863. The summed E-state index contributed by atoms with van der Waals surface area (Å²) in [5, 5.41) is 9.21. The summed E-state index contributed by atoms with van der Waals surface area (Å²) in [7, 11) is 0. The van der Waals surface area contributed by atoms with Gasteiger partial charge in [-0.2, -0.15) is 0 Å². The molecule has 0 radical (unpaired) electrons. The highest BCUT2D eigenvalue weighted by molar-refractivity contribution is 6.02. The maximum Gasteiger partial charge on any atom is 0.312 e. The van der Waals surface area contributed by atoms with Crippen molar-refractivity contribution >= 4 is 17.8 Å². The summed E-state index contributed by atoms with van der Waals surface area (Å²) in [5.41, 5.74) is 0.595. The number of hydrogen-bond acceptors (Lipinski definition) is 3. The number of hydrogen-bond donors (Lipinski definition) is 1. The average Bonchev–Trinajstić information content (AvgIpc) is 2.67. The van der Waals surface area contributed by atoms with Crippen LogP contribution in [0.4, 0.5) is 0 Å². The highest BCUT2D eigenvalue weighted by Gasteiger charge is 2.33. The van der Waals surface area contributed by atoms with E-state index in [0.717, 1.165) is 4.90 Å². The Morgan fingerprint density at radius 3 is 2.22 bits per heavy atom. The summed E-state index contributed by atoms with van der Waals surface area (Å²) in [5.74, 6) is -2.48. The van der Waals surface area contributed by atoms with E-state index in [4.69, 9.17) is 0 Å². The minimum Gasteiger partial charge on any atom is -0.481 e. The Bertz CT molecular complexity index is 467. The maximum atomic E-state index is 11.5. The molecule has 1 aliphatic heterocycles. The van der Waals surface area contributed by atoms with Gasteiger partial charge in [-0.3, -0.25) is 19.3 Å². The molecule has 1 unspecified atom stereocenters. The summed E-state index contributed by atoms with van der Waals surface area (Å²) >= 11 is 0. The molecule has 2 amide bonds. The van der Waals surface area contributed by atoms with E-state index in [2.05, 4.69) is 0 Å². The molecule has 0 saturated carbocycles. The van der Waals surface area contributed by atoms with Gasteiger partial charge in [-0.05, 0) is 5.56 Å². The molecule has 2 rings (SSSR count). The van der Waals surface area contributed by atoms with Crippen LogP contribution in [0.3, 0.4) is 0 Å². The van der Waals surface area contributed by atoms with Crippen LogP contribution < -0.4 is 0 Å². The molecular weight excluding hydrogens is 234 g/mol. The van der Waals surface area contributed by atoms with E-state index in [-0.39, 0.29) is 31.2 Å². The van der Waals surface area contributed by atoms with Gasteiger partial charge in [0.15, 0.2) is 0 Å². The topological polar surface area (TPSA) is 74.7 Å². The number of rotatable bonds is 4. The lowest BCUT2D eigenvalue weighted by molar-refractivity contribution is -0.142. The number of benzene rings is 1. The van der Waals surface area contributed by atoms with E-state index in [0.29, 0.717) is 5.56 Å². The van der Waals surface area contributed by atoms with E-state index in [1.807, 2.05) is 0 Å². The summed E-state index contributed by atoms with van der Waals surface area (Å²) in [4.78, 5) is 35.3. The predicted molar refractivity (Wildman–Crippen MR) is 62.8 cm³/mol. The fourth-order valence-corrected chi connectivity index (χ4v) is 2.02. The number of aliphatic carboxylic acids is 1. The maximum absolute atomic E-state index is 11.5. The third-order valence-electron chi connectivity index (χ3n) is 3.02. The first-order valence-electron chi connectivity index (χ1n) is 5.70. The summed E-state index contributed by atoms with van der Waals surface area (Å²) in [6, 6.07) is 8.62. The minimum atomic E-state index is -1.03. The van der Waals surface area contributed by atoms with Crippen LogP contribution in [0.15, 0.2) is 30.3 Å². The standard InChI is InChI=1S/C13H13NO4/c15-11-6-7-12(16)14(11)8-10(13(17)18)9-4-2-1-3-5-9/h1-5,10H,6-8H2,(H,17,18). The molecule has 1 saturated heterocycles. The first kappa shape index (κ1) is 12.3. The fraction of sp³-hybridized carbons (Fsp3) is 0.308. The van der Waals surface area contributed by atoms with Crippen LogP contribution in [-0.2, 0) is 14.4 Å². The summed E-state index contributed by atoms with van der Waals surface area (Å²) in [6.45, 7) is -0.0863. The monoisotopic (exact) mass is 247 g/mol. The Kier molecular flexibility index (Phi) is 3.41. The Hall–Kier alpha value is -2.17. The van der Waals surface area contributed by atoms with Crippen molar-refractivity contribution in [3.8, 4) is 0 Å². The van der Waals surface area contributed by atoms with Gasteiger partial charge in [0.2, 0.25) is 11.8 Å². The second kappa shape index (κ2) is 5.00. The zero-order chi connectivity index (χ0) is 13.1. The number of carboxylic acids is 1. The van der Waals surface area contributed by atoms with Crippen LogP contribution in [0.25, 0.3) is 0 Å². The number of amides is 2. The lowest BCUT2D eigenvalue weighted by atomic mass is 9.99. The van der Waals surface area contributed by atoms with Crippen molar-refractivity contribution in [3.05, 3.63) is 35.9 Å². The number of carbonyl (C=O) groups excluding carboxylic acids is 2. The van der Waals surface area contributed by atoms with Gasteiger partial charge in [0.25, 0.3) is 0 Å². The van der Waals surface area contributed by atoms with E-state index in [1.54, 1.807) is 30.3 Å². The molecular formula is C13H13NO4. The van der Waals surface area contributed by atoms with Gasteiger partial charge >= 0.3 is 5.97 Å². The molecule has 0 aromatic heterocycles. The van der Waals surface area contributed by atoms with Gasteiger partial charge in [0.1, 0.15) is 0 Å². The van der Waals surface area contributed by atoms with Crippen LogP contribution in [0.1, 0.15) is 24.3 Å². The molecule has 1 fully saturated rings. The van der Waals surface area contributed by atoms with E-state index < -0.39 is 11.9 Å². The molecule has 5 nitrogen and oxygen atoms in total. The molecule has 1 N–H and O–H groups in total. The van der Waals surface area contributed by atoms with E-state index >= 15 is 0 Å². The molecule has 5 heteroatoms. The Labute approximate surface area is 104 Å². The first-order chi connectivity index (χ1) is 8.59. The van der Waals surface area contributed by atoms with Crippen LogP contribution in [0, 0.1) is 0 Å². The zero-order valence-electron chi connectivity index (χ0n) is 9.70. The largest absolute Gasteiger partial charge is 0.481 e. The molecule has 0 aliphatic carbocycles. The molecule has 18 heavy (non-hydrogen) atoms. The van der Waals surface area contributed by atoms with Crippen LogP contribution in [0.2, 0.25) is 0 Å². The van der Waals surface area contributed by atoms with Gasteiger partial charge in [-0.15, -0.1) is 0 Å². The van der Waals surface area contributed by atoms with E-state index in [1.165, 1.54) is 0 Å². The molecule has 94 valence electrons. The second-order valence-corrected chi connectivity index (χ2v) is 4.20. The molecule has 1 atom stereocenters. The normalized spacial score (nSPS) is 17.0. The summed E-state index contributed by atoms with van der Waals surface area (Å²) < 4.78 is 0. The third-order valence-corrected chi connectivity index (χ3v) is 3.02. The highest BCUT2D eigenvalue weighted by Crippen LogP contribution is 2.21. The van der Waals surface area contributed by atoms with Crippen molar-refractivity contribution < 1.29 is 19.5 Å². The third kappa shape index (κ3) is 2.40. The van der Waals surface area contributed by atoms with Crippen molar-refractivity contribution in [3.63, 3.8) is 0 Å². The van der Waals surface area contributed by atoms with Crippen molar-refractivity contribution in [1.29, 1.82) is 0 Å². The van der Waals surface area contributed by atoms with Crippen molar-refractivity contribution in [2.24, 2.45) is 0 Å². The molecule has 1 aromatic rings. The molecule has 1 aromatic carbocycles. The van der Waals surface area contributed by atoms with Crippen molar-refractivity contribution in [2.45, 2.75) is 18.8 Å². The number of carbonyl (C=O) groups is 3. The zero-order valence-corrected chi connectivity index (χ0v) is 9.70. The molecule has 1 aliphatic rings. The Morgan fingerprint density at radius 2 is 1.72 bits per heavy atom. The van der Waals surface area contributed by atoms with Gasteiger partial charge in [-0.25, -0.2) is 0 Å². The van der Waals surface area contributed by atoms with Gasteiger partial charge < -0.3 is 5.11 Å². The first-order valence-corrected chi connectivity index (χ1v) is 5.70. The number of carboxylic acid groups (broad SMARTS) is 1. The molecule has 0 bridgehead atoms. The van der Waals surface area contributed by atoms with Crippen LogP contribution >= 0.6 is 0 Å².